The summed E-state index contributed by atoms with van der Waals surface area (Å²) in [7, 11) is 0. The van der Waals surface area contributed by atoms with Gasteiger partial charge in [-0.25, -0.2) is 15.0 Å². The van der Waals surface area contributed by atoms with E-state index in [4.69, 9.17) is 0 Å². The molecule has 2 rings (SSSR count). The Kier molecular flexibility index (Phi) is 3.66. The fourth-order valence-electron chi connectivity index (χ4n) is 1.24. The molecule has 2 N–H and O–H groups in total. The van der Waals surface area contributed by atoms with Gasteiger partial charge in [-0.2, -0.15) is 0 Å². The Bertz CT molecular complexity index is 429. The molecule has 2 aromatic rings. The third kappa shape index (κ3) is 2.90. The summed E-state index contributed by atoms with van der Waals surface area (Å²) in [6.07, 6.45) is 3.34. The van der Waals surface area contributed by atoms with Gasteiger partial charge in [0, 0.05) is 24.2 Å². The molecular formula is C10H13N5S. The standard InChI is InChI=1S/C10H13N5S/c1-2-11-8-5-9(15-7-14-8)13-6-10-12-3-4-16-10/h3-5,7H,2,6H2,1H3,(H2,11,13,14,15). The lowest BCUT2D eigenvalue weighted by Gasteiger charge is -2.05. The van der Waals surface area contributed by atoms with E-state index >= 15 is 0 Å². The van der Waals surface area contributed by atoms with Gasteiger partial charge in [0.15, 0.2) is 0 Å². The van der Waals surface area contributed by atoms with Crippen LogP contribution < -0.4 is 10.6 Å². The van der Waals surface area contributed by atoms with Crippen LogP contribution in [0.5, 0.6) is 0 Å². The van der Waals surface area contributed by atoms with E-state index in [1.54, 1.807) is 23.9 Å². The van der Waals surface area contributed by atoms with Gasteiger partial charge < -0.3 is 10.6 Å². The van der Waals surface area contributed by atoms with Gasteiger partial charge in [0.05, 0.1) is 6.54 Å². The van der Waals surface area contributed by atoms with Crippen molar-refractivity contribution in [1.82, 2.24) is 15.0 Å². The van der Waals surface area contributed by atoms with Crippen molar-refractivity contribution in [1.29, 1.82) is 0 Å². The summed E-state index contributed by atoms with van der Waals surface area (Å²) in [4.78, 5) is 12.4. The van der Waals surface area contributed by atoms with E-state index in [1.165, 1.54) is 0 Å². The highest BCUT2D eigenvalue weighted by Gasteiger charge is 1.99. The average molecular weight is 235 g/mol. The van der Waals surface area contributed by atoms with Crippen molar-refractivity contribution in [3.8, 4) is 0 Å². The molecule has 0 aliphatic carbocycles. The van der Waals surface area contributed by atoms with Crippen molar-refractivity contribution in [3.63, 3.8) is 0 Å². The van der Waals surface area contributed by atoms with E-state index in [0.29, 0.717) is 6.54 Å². The lowest BCUT2D eigenvalue weighted by Crippen LogP contribution is -2.04. The number of thiazole rings is 1. The molecule has 0 aliphatic rings. The lowest BCUT2D eigenvalue weighted by molar-refractivity contribution is 1.05. The molecular weight excluding hydrogens is 222 g/mol. The van der Waals surface area contributed by atoms with Gasteiger partial charge in [0.25, 0.3) is 0 Å². The fraction of sp³-hybridized carbons (Fsp3) is 0.300. The molecule has 0 aromatic carbocycles. The number of nitrogens with one attached hydrogen (secondary N) is 2. The lowest BCUT2D eigenvalue weighted by atomic mass is 10.5. The molecule has 0 saturated heterocycles. The summed E-state index contributed by atoms with van der Waals surface area (Å²) < 4.78 is 0. The Morgan fingerprint density at radius 1 is 1.19 bits per heavy atom. The van der Waals surface area contributed by atoms with Gasteiger partial charge in [-0.3, -0.25) is 0 Å². The maximum atomic E-state index is 4.19. The zero-order valence-corrected chi connectivity index (χ0v) is 9.79. The second-order valence-electron chi connectivity index (χ2n) is 3.10. The molecule has 6 heteroatoms. The molecule has 2 aromatic heterocycles. The van der Waals surface area contributed by atoms with E-state index in [0.717, 1.165) is 23.2 Å². The van der Waals surface area contributed by atoms with Crippen molar-refractivity contribution < 1.29 is 0 Å². The highest BCUT2D eigenvalue weighted by molar-refractivity contribution is 7.09. The molecule has 0 radical (unpaired) electrons. The molecule has 0 bridgehead atoms. The minimum atomic E-state index is 0.695. The summed E-state index contributed by atoms with van der Waals surface area (Å²) in [5.41, 5.74) is 0. The van der Waals surface area contributed by atoms with Crippen molar-refractivity contribution in [2.45, 2.75) is 13.5 Å². The molecule has 0 aliphatic heterocycles. The quantitative estimate of drug-likeness (QED) is 0.829. The van der Waals surface area contributed by atoms with E-state index in [1.807, 2.05) is 18.4 Å². The molecule has 0 spiro atoms. The molecule has 84 valence electrons. The zero-order chi connectivity index (χ0) is 11.2. The Labute approximate surface area is 98.0 Å². The summed E-state index contributed by atoms with van der Waals surface area (Å²) >= 11 is 1.62. The molecule has 0 saturated carbocycles. The fourth-order valence-corrected chi connectivity index (χ4v) is 1.79. The van der Waals surface area contributed by atoms with Crippen LogP contribution in [0.3, 0.4) is 0 Å². The van der Waals surface area contributed by atoms with Crippen LogP contribution in [0.25, 0.3) is 0 Å². The Balaban J connectivity index is 1.96. The molecule has 16 heavy (non-hydrogen) atoms. The molecule has 0 unspecified atom stereocenters. The van der Waals surface area contributed by atoms with Gasteiger partial charge in [-0.15, -0.1) is 11.3 Å². The summed E-state index contributed by atoms with van der Waals surface area (Å²) in [6, 6.07) is 1.89. The monoisotopic (exact) mass is 235 g/mol. The number of nitrogens with zero attached hydrogens (tertiary/aromatic N) is 3. The number of anilines is 2. The molecule has 0 atom stereocenters. The summed E-state index contributed by atoms with van der Waals surface area (Å²) in [5.74, 6) is 1.64. The SMILES string of the molecule is CCNc1cc(NCc2nccs2)ncn1. The van der Waals surface area contributed by atoms with E-state index in [-0.39, 0.29) is 0 Å². The molecule has 5 nitrogen and oxygen atoms in total. The highest BCUT2D eigenvalue weighted by Crippen LogP contribution is 2.11. The van der Waals surface area contributed by atoms with E-state index < -0.39 is 0 Å². The number of hydrogen-bond acceptors (Lipinski definition) is 6. The third-order valence-corrected chi connectivity index (χ3v) is 2.71. The van der Waals surface area contributed by atoms with Crippen LogP contribution >= 0.6 is 11.3 Å². The largest absolute Gasteiger partial charge is 0.370 e. The molecule has 2 heterocycles. The zero-order valence-electron chi connectivity index (χ0n) is 8.97. The van der Waals surface area contributed by atoms with Crippen LogP contribution in [-0.2, 0) is 6.54 Å². The Morgan fingerprint density at radius 2 is 2.00 bits per heavy atom. The first-order chi connectivity index (χ1) is 7.88. The smallest absolute Gasteiger partial charge is 0.131 e. The first-order valence-electron chi connectivity index (χ1n) is 5.06. The van der Waals surface area contributed by atoms with Crippen LogP contribution in [0.4, 0.5) is 11.6 Å². The van der Waals surface area contributed by atoms with Crippen molar-refractivity contribution in [2.75, 3.05) is 17.2 Å². The van der Waals surface area contributed by atoms with Crippen molar-refractivity contribution in [3.05, 3.63) is 29.0 Å². The summed E-state index contributed by atoms with van der Waals surface area (Å²) in [6.45, 7) is 3.58. The van der Waals surface area contributed by atoms with Crippen molar-refractivity contribution in [2.24, 2.45) is 0 Å². The summed E-state index contributed by atoms with van der Waals surface area (Å²) in [5, 5.41) is 9.34. The van der Waals surface area contributed by atoms with Crippen LogP contribution in [0.1, 0.15) is 11.9 Å². The second kappa shape index (κ2) is 5.41. The number of aromatic nitrogens is 3. The highest BCUT2D eigenvalue weighted by atomic mass is 32.1. The van der Waals surface area contributed by atoms with Crippen LogP contribution in [0.15, 0.2) is 24.0 Å². The minimum Gasteiger partial charge on any atom is -0.370 e. The normalized spacial score (nSPS) is 10.1. The maximum Gasteiger partial charge on any atom is 0.131 e. The second-order valence-corrected chi connectivity index (χ2v) is 4.08. The van der Waals surface area contributed by atoms with E-state index in [9.17, 15) is 0 Å². The van der Waals surface area contributed by atoms with Crippen LogP contribution in [0, 0.1) is 0 Å². The topological polar surface area (TPSA) is 62.7 Å². The van der Waals surface area contributed by atoms with Gasteiger partial charge in [-0.05, 0) is 6.92 Å². The average Bonchev–Trinajstić information content (AvgIpc) is 2.80. The third-order valence-electron chi connectivity index (χ3n) is 1.93. The first kappa shape index (κ1) is 10.8. The first-order valence-corrected chi connectivity index (χ1v) is 5.94. The molecule has 0 fully saturated rings. The van der Waals surface area contributed by atoms with Crippen molar-refractivity contribution >= 4 is 23.0 Å². The predicted molar refractivity (Wildman–Crippen MR) is 65.6 cm³/mol. The van der Waals surface area contributed by atoms with E-state index in [2.05, 4.69) is 25.6 Å². The minimum absolute atomic E-state index is 0.695. The molecule has 0 amide bonds. The van der Waals surface area contributed by atoms with Crippen LogP contribution in [-0.4, -0.2) is 21.5 Å². The van der Waals surface area contributed by atoms with Gasteiger partial charge in [-0.1, -0.05) is 0 Å². The maximum absolute atomic E-state index is 4.19. The van der Waals surface area contributed by atoms with Crippen LogP contribution in [0.2, 0.25) is 0 Å². The van der Waals surface area contributed by atoms with Gasteiger partial charge >= 0.3 is 0 Å². The van der Waals surface area contributed by atoms with Gasteiger partial charge in [0.1, 0.15) is 23.0 Å². The predicted octanol–water partition coefficient (Wildman–Crippen LogP) is 1.98. The number of hydrogen-bond donors (Lipinski definition) is 2. The number of rotatable bonds is 5. The Hall–Kier alpha value is -1.69. The van der Waals surface area contributed by atoms with Gasteiger partial charge in [0.2, 0.25) is 0 Å². The Morgan fingerprint density at radius 3 is 2.69 bits per heavy atom.